The first-order valence-electron chi connectivity index (χ1n) is 8.61. The van der Waals surface area contributed by atoms with Crippen molar-refractivity contribution in [1.82, 2.24) is 15.5 Å². The topological polar surface area (TPSA) is 84.0 Å². The lowest BCUT2D eigenvalue weighted by molar-refractivity contribution is -0.118. The first kappa shape index (κ1) is 20.0. The van der Waals surface area contributed by atoms with Gasteiger partial charge >= 0.3 is 0 Å². The average Bonchev–Trinajstić information content (AvgIpc) is 3.04. The van der Waals surface area contributed by atoms with Crippen molar-refractivity contribution in [2.24, 2.45) is 5.92 Å². The molecule has 2 rings (SSSR count). The van der Waals surface area contributed by atoms with Crippen molar-refractivity contribution < 1.29 is 14.0 Å². The second-order valence-electron chi connectivity index (χ2n) is 6.27. The fourth-order valence-electron chi connectivity index (χ4n) is 2.32. The van der Waals surface area contributed by atoms with Gasteiger partial charge in [0.1, 0.15) is 16.9 Å². The van der Waals surface area contributed by atoms with Crippen LogP contribution in [0.3, 0.4) is 0 Å². The summed E-state index contributed by atoms with van der Waals surface area (Å²) < 4.78 is 13.8. The molecule has 0 aliphatic carbocycles. The smallest absolute Gasteiger partial charge is 0.254 e. The number of nitrogens with one attached hydrogen (secondary N) is 2. The Morgan fingerprint density at radius 2 is 1.96 bits per heavy atom. The molecule has 0 spiro atoms. The van der Waals surface area contributed by atoms with Crippen LogP contribution in [0.2, 0.25) is 0 Å². The van der Waals surface area contributed by atoms with E-state index in [0.29, 0.717) is 5.13 Å². The molecule has 6 nitrogen and oxygen atoms in total. The number of rotatable bonds is 8. The van der Waals surface area contributed by atoms with Crippen molar-refractivity contribution in [2.75, 3.05) is 5.32 Å². The summed E-state index contributed by atoms with van der Waals surface area (Å²) in [5.74, 6) is -1.84. The van der Waals surface area contributed by atoms with Crippen LogP contribution in [0.1, 0.15) is 49.0 Å². The largest absolute Gasteiger partial charge is 0.340 e. The molecule has 0 aliphatic heterocycles. The lowest BCUT2D eigenvalue weighted by atomic mass is 10.0. The number of hydrogen-bond donors (Lipinski definition) is 2. The minimum atomic E-state index is -0.815. The van der Waals surface area contributed by atoms with Crippen molar-refractivity contribution in [3.63, 3.8) is 0 Å². The van der Waals surface area contributed by atoms with Gasteiger partial charge < -0.3 is 5.32 Å². The normalized spacial score (nSPS) is 12.0. The van der Waals surface area contributed by atoms with Crippen LogP contribution in [0.4, 0.5) is 9.52 Å². The van der Waals surface area contributed by atoms with Crippen LogP contribution >= 0.6 is 11.3 Å². The van der Waals surface area contributed by atoms with E-state index in [-0.39, 0.29) is 11.5 Å². The van der Waals surface area contributed by atoms with E-state index in [1.54, 1.807) is 19.9 Å². The van der Waals surface area contributed by atoms with Crippen LogP contribution in [0, 0.1) is 11.7 Å². The zero-order valence-corrected chi connectivity index (χ0v) is 15.9. The summed E-state index contributed by atoms with van der Waals surface area (Å²) in [6, 6.07) is 4.85. The maximum atomic E-state index is 13.8. The lowest BCUT2D eigenvalue weighted by Gasteiger charge is -2.21. The molecule has 1 heterocycles. The van der Waals surface area contributed by atoms with Gasteiger partial charge in [0.2, 0.25) is 11.0 Å². The number of aryl methyl sites for hydroxylation is 1. The molecule has 2 amide bonds. The number of anilines is 1. The maximum Gasteiger partial charge on any atom is 0.254 e. The molecule has 0 fully saturated rings. The molecule has 140 valence electrons. The Morgan fingerprint density at radius 1 is 1.23 bits per heavy atom. The zero-order valence-electron chi connectivity index (χ0n) is 15.1. The van der Waals surface area contributed by atoms with Crippen LogP contribution in [-0.4, -0.2) is 28.1 Å². The summed E-state index contributed by atoms with van der Waals surface area (Å²) in [7, 11) is 0. The minimum absolute atomic E-state index is 0.0938. The summed E-state index contributed by atoms with van der Waals surface area (Å²) in [4.78, 5) is 24.9. The second kappa shape index (κ2) is 9.38. The Labute approximate surface area is 156 Å². The highest BCUT2D eigenvalue weighted by molar-refractivity contribution is 7.15. The predicted octanol–water partition coefficient (Wildman–Crippen LogP) is 3.41. The number of halogens is 1. The van der Waals surface area contributed by atoms with Crippen LogP contribution in [0.5, 0.6) is 0 Å². The van der Waals surface area contributed by atoms with E-state index in [0.717, 1.165) is 24.3 Å². The molecule has 0 saturated heterocycles. The van der Waals surface area contributed by atoms with Gasteiger partial charge in [0, 0.05) is 6.42 Å². The number of carbonyl (C=O) groups excluding carboxylic acids is 2. The number of hydrogen-bond acceptors (Lipinski definition) is 5. The number of benzene rings is 1. The molecule has 2 aromatic rings. The van der Waals surface area contributed by atoms with Gasteiger partial charge in [0.15, 0.2) is 0 Å². The third kappa shape index (κ3) is 5.32. The monoisotopic (exact) mass is 378 g/mol. The molecule has 0 radical (unpaired) electrons. The van der Waals surface area contributed by atoms with E-state index in [4.69, 9.17) is 0 Å². The van der Waals surface area contributed by atoms with Crippen LogP contribution in [0.25, 0.3) is 0 Å². The van der Waals surface area contributed by atoms with Gasteiger partial charge in [0.05, 0.1) is 5.56 Å². The van der Waals surface area contributed by atoms with E-state index in [1.165, 1.54) is 29.5 Å². The van der Waals surface area contributed by atoms with Crippen molar-refractivity contribution in [1.29, 1.82) is 0 Å². The number of carbonyl (C=O) groups is 2. The van der Waals surface area contributed by atoms with Crippen molar-refractivity contribution in [3.05, 3.63) is 40.7 Å². The quantitative estimate of drug-likeness (QED) is 0.737. The van der Waals surface area contributed by atoms with Crippen molar-refractivity contribution in [3.8, 4) is 0 Å². The maximum absolute atomic E-state index is 13.8. The number of unbranched alkanes of at least 4 members (excludes halogenated alkanes) is 1. The Balaban J connectivity index is 2.04. The summed E-state index contributed by atoms with van der Waals surface area (Å²) >= 11 is 1.32. The molecule has 26 heavy (non-hydrogen) atoms. The van der Waals surface area contributed by atoms with Gasteiger partial charge in [-0.3, -0.25) is 14.9 Å². The predicted molar refractivity (Wildman–Crippen MR) is 99.6 cm³/mol. The molecular weight excluding hydrogens is 355 g/mol. The third-order valence-electron chi connectivity index (χ3n) is 3.80. The molecular formula is C18H23FN4O2S. The van der Waals surface area contributed by atoms with Gasteiger partial charge in [-0.1, -0.05) is 50.7 Å². The molecule has 8 heteroatoms. The summed E-state index contributed by atoms with van der Waals surface area (Å²) in [6.45, 7) is 5.70. The Kier molecular flexibility index (Phi) is 7.20. The Bertz CT molecular complexity index is 763. The first-order chi connectivity index (χ1) is 12.4. The van der Waals surface area contributed by atoms with Crippen molar-refractivity contribution >= 4 is 28.3 Å². The Hall–Kier alpha value is -2.35. The van der Waals surface area contributed by atoms with Gasteiger partial charge in [-0.2, -0.15) is 0 Å². The molecule has 0 saturated carbocycles. The van der Waals surface area contributed by atoms with E-state index in [9.17, 15) is 14.0 Å². The molecule has 1 aromatic heterocycles. The summed E-state index contributed by atoms with van der Waals surface area (Å²) in [5, 5.41) is 14.6. The van der Waals surface area contributed by atoms with Gasteiger partial charge in [-0.25, -0.2) is 4.39 Å². The molecule has 2 N–H and O–H groups in total. The second-order valence-corrected chi connectivity index (χ2v) is 7.33. The SMILES string of the molecule is CCCCc1nnc(NC(=O)C(NC(=O)c2ccccc2F)C(C)C)s1. The van der Waals surface area contributed by atoms with E-state index < -0.39 is 23.7 Å². The third-order valence-corrected chi connectivity index (χ3v) is 4.69. The molecule has 1 aromatic carbocycles. The van der Waals surface area contributed by atoms with Gasteiger partial charge in [0.25, 0.3) is 5.91 Å². The average molecular weight is 378 g/mol. The highest BCUT2D eigenvalue weighted by Gasteiger charge is 2.26. The van der Waals surface area contributed by atoms with Gasteiger partial charge in [-0.15, -0.1) is 10.2 Å². The fourth-order valence-corrected chi connectivity index (χ4v) is 3.10. The highest BCUT2D eigenvalue weighted by atomic mass is 32.1. The minimum Gasteiger partial charge on any atom is -0.340 e. The van der Waals surface area contributed by atoms with Crippen LogP contribution in [-0.2, 0) is 11.2 Å². The lowest BCUT2D eigenvalue weighted by Crippen LogP contribution is -2.47. The van der Waals surface area contributed by atoms with Crippen LogP contribution in [0.15, 0.2) is 24.3 Å². The van der Waals surface area contributed by atoms with E-state index >= 15 is 0 Å². The molecule has 0 aliphatic rings. The number of amides is 2. The summed E-state index contributed by atoms with van der Waals surface area (Å²) in [6.07, 6.45) is 2.89. The summed E-state index contributed by atoms with van der Waals surface area (Å²) in [5.41, 5.74) is -0.0938. The number of aromatic nitrogens is 2. The zero-order chi connectivity index (χ0) is 19.1. The molecule has 0 bridgehead atoms. The van der Waals surface area contributed by atoms with Crippen LogP contribution < -0.4 is 10.6 Å². The fraction of sp³-hybridized carbons (Fsp3) is 0.444. The molecule has 1 atom stereocenters. The first-order valence-corrected chi connectivity index (χ1v) is 9.42. The standard InChI is InChI=1S/C18H23FN4O2S/c1-4-5-10-14-22-23-18(26-14)21-17(25)15(11(2)3)20-16(24)12-8-6-7-9-13(12)19/h6-9,11,15H,4-5,10H2,1-3H3,(H,20,24)(H,21,23,25). The highest BCUT2D eigenvalue weighted by Crippen LogP contribution is 2.18. The number of nitrogens with zero attached hydrogens (tertiary/aromatic N) is 2. The van der Waals surface area contributed by atoms with Crippen molar-refractivity contribution in [2.45, 2.75) is 46.1 Å². The van der Waals surface area contributed by atoms with E-state index in [2.05, 4.69) is 27.8 Å². The molecule has 1 unspecified atom stereocenters. The van der Waals surface area contributed by atoms with Gasteiger partial charge in [-0.05, 0) is 24.5 Å². The Morgan fingerprint density at radius 3 is 2.62 bits per heavy atom. The van der Waals surface area contributed by atoms with E-state index in [1.807, 2.05) is 0 Å².